The molecule has 0 aromatic carbocycles. The molecule has 2 fully saturated rings. The topological polar surface area (TPSA) is 30.7 Å². The molecular weight excluding hydrogens is 302 g/mol. The van der Waals surface area contributed by atoms with Crippen LogP contribution in [0.25, 0.3) is 0 Å². The van der Waals surface area contributed by atoms with Crippen molar-refractivity contribution in [1.82, 2.24) is 14.8 Å². The molecule has 2 aromatic heterocycles. The van der Waals surface area contributed by atoms with E-state index in [4.69, 9.17) is 11.6 Å². The third-order valence-electron chi connectivity index (χ3n) is 4.83. The van der Waals surface area contributed by atoms with Crippen LogP contribution in [0.4, 0.5) is 0 Å². The van der Waals surface area contributed by atoms with Gasteiger partial charge in [-0.05, 0) is 44.2 Å². The van der Waals surface area contributed by atoms with Crippen LogP contribution in [0.5, 0.6) is 0 Å². The number of hydrogen-bond donors (Lipinski definition) is 0. The van der Waals surface area contributed by atoms with Crippen LogP contribution in [0.15, 0.2) is 24.3 Å². The first-order valence-corrected chi connectivity index (χ1v) is 8.86. The lowest BCUT2D eigenvalue weighted by molar-refractivity contribution is 0.513. The molecule has 1 atom stereocenters. The molecule has 0 radical (unpaired) electrons. The molecular formula is C16H16ClN3S. The van der Waals surface area contributed by atoms with Gasteiger partial charge in [-0.3, -0.25) is 0 Å². The molecule has 21 heavy (non-hydrogen) atoms. The zero-order chi connectivity index (χ0) is 14.0. The normalized spacial score (nSPS) is 27.9. The highest BCUT2D eigenvalue weighted by molar-refractivity contribution is 7.16. The van der Waals surface area contributed by atoms with Crippen LogP contribution in [-0.4, -0.2) is 14.8 Å². The number of allylic oxidation sites excluding steroid dienone is 2. The first kappa shape index (κ1) is 12.4. The van der Waals surface area contributed by atoms with Gasteiger partial charge < -0.3 is 4.57 Å². The van der Waals surface area contributed by atoms with Crippen molar-refractivity contribution in [3.05, 3.63) is 45.1 Å². The summed E-state index contributed by atoms with van der Waals surface area (Å²) in [5.41, 5.74) is -0.0828. The highest BCUT2D eigenvalue weighted by Gasteiger charge is 2.46. The number of hydrogen-bond acceptors (Lipinski definition) is 3. The van der Waals surface area contributed by atoms with E-state index < -0.39 is 0 Å². The summed E-state index contributed by atoms with van der Waals surface area (Å²) in [7, 11) is 0. The molecule has 0 aliphatic heterocycles. The molecule has 0 saturated heterocycles. The van der Waals surface area contributed by atoms with E-state index in [-0.39, 0.29) is 5.41 Å². The molecule has 0 N–H and O–H groups in total. The Morgan fingerprint density at radius 3 is 2.52 bits per heavy atom. The highest BCUT2D eigenvalue weighted by Crippen LogP contribution is 2.51. The molecule has 1 unspecified atom stereocenters. The van der Waals surface area contributed by atoms with Crippen molar-refractivity contribution in [3.63, 3.8) is 0 Å². The molecule has 2 heterocycles. The zero-order valence-electron chi connectivity index (χ0n) is 11.6. The molecule has 3 aliphatic rings. The molecule has 5 rings (SSSR count). The lowest BCUT2D eigenvalue weighted by atomic mass is 9.74. The maximum atomic E-state index is 6.17. The SMILES string of the molecule is Clc1ccc(C2(c3nnc(C4CC4)n3C3CC3)C=CC2)s1. The van der Waals surface area contributed by atoms with E-state index in [2.05, 4.69) is 33.0 Å². The van der Waals surface area contributed by atoms with E-state index in [9.17, 15) is 0 Å². The van der Waals surface area contributed by atoms with E-state index in [0.29, 0.717) is 12.0 Å². The van der Waals surface area contributed by atoms with Crippen molar-refractivity contribution in [1.29, 1.82) is 0 Å². The number of rotatable bonds is 4. The third-order valence-corrected chi connectivity index (χ3v) is 6.24. The van der Waals surface area contributed by atoms with Gasteiger partial charge in [0.1, 0.15) is 11.6 Å². The monoisotopic (exact) mass is 317 g/mol. The Morgan fingerprint density at radius 1 is 1.19 bits per heavy atom. The second-order valence-corrected chi connectivity index (χ2v) is 8.15. The minimum atomic E-state index is -0.0828. The van der Waals surface area contributed by atoms with E-state index in [0.717, 1.165) is 16.6 Å². The predicted molar refractivity (Wildman–Crippen MR) is 84.1 cm³/mol. The Balaban J connectivity index is 1.67. The van der Waals surface area contributed by atoms with Gasteiger partial charge in [0.2, 0.25) is 0 Å². The summed E-state index contributed by atoms with van der Waals surface area (Å²) in [6.07, 6.45) is 10.6. The van der Waals surface area contributed by atoms with Crippen LogP contribution < -0.4 is 0 Å². The molecule has 5 heteroatoms. The van der Waals surface area contributed by atoms with Crippen LogP contribution in [0.3, 0.4) is 0 Å². The number of halogens is 1. The third kappa shape index (κ3) is 1.78. The van der Waals surface area contributed by atoms with Crippen molar-refractivity contribution in [2.45, 2.75) is 49.5 Å². The number of thiophene rings is 1. The van der Waals surface area contributed by atoms with Crippen molar-refractivity contribution >= 4 is 22.9 Å². The average molecular weight is 318 g/mol. The quantitative estimate of drug-likeness (QED) is 0.780. The predicted octanol–water partition coefficient (Wildman–Crippen LogP) is 4.45. The highest BCUT2D eigenvalue weighted by atomic mass is 35.5. The average Bonchev–Trinajstić information content (AvgIpc) is 3.35. The fourth-order valence-electron chi connectivity index (χ4n) is 3.29. The largest absolute Gasteiger partial charge is 0.311 e. The molecule has 108 valence electrons. The van der Waals surface area contributed by atoms with E-state index in [1.807, 2.05) is 6.07 Å². The maximum absolute atomic E-state index is 6.17. The first-order valence-electron chi connectivity index (χ1n) is 7.67. The van der Waals surface area contributed by atoms with Crippen molar-refractivity contribution in [2.24, 2.45) is 0 Å². The summed E-state index contributed by atoms with van der Waals surface area (Å²) in [4.78, 5) is 1.30. The molecule has 0 amide bonds. The Bertz CT molecular complexity index is 739. The van der Waals surface area contributed by atoms with Gasteiger partial charge in [0.05, 0.1) is 9.75 Å². The summed E-state index contributed by atoms with van der Waals surface area (Å²) in [5, 5.41) is 9.21. The second kappa shape index (κ2) is 4.20. The minimum absolute atomic E-state index is 0.0828. The maximum Gasteiger partial charge on any atom is 0.148 e. The van der Waals surface area contributed by atoms with Crippen LogP contribution in [0.1, 0.15) is 60.6 Å². The van der Waals surface area contributed by atoms with Gasteiger partial charge >= 0.3 is 0 Å². The first-order chi connectivity index (χ1) is 10.3. The second-order valence-electron chi connectivity index (χ2n) is 6.44. The van der Waals surface area contributed by atoms with E-state index in [1.165, 1.54) is 36.4 Å². The standard InChI is InChI=1S/C16H16ClN3S/c17-13-7-6-12(21-13)16(8-1-9-16)15-19-18-14(10-2-3-10)20(15)11-4-5-11/h1,6-8,10-11H,2-5,9H2. The van der Waals surface area contributed by atoms with Crippen molar-refractivity contribution in [2.75, 3.05) is 0 Å². The van der Waals surface area contributed by atoms with Crippen LogP contribution >= 0.6 is 22.9 Å². The number of aromatic nitrogens is 3. The number of nitrogens with zero attached hydrogens (tertiary/aromatic N) is 3. The molecule has 0 bridgehead atoms. The Labute approximate surface area is 132 Å². The summed E-state index contributed by atoms with van der Waals surface area (Å²) >= 11 is 7.84. The van der Waals surface area contributed by atoms with Gasteiger partial charge in [-0.1, -0.05) is 23.8 Å². The lowest BCUT2D eigenvalue weighted by Crippen LogP contribution is -2.33. The summed E-state index contributed by atoms with van der Waals surface area (Å²) in [6.45, 7) is 0. The fourth-order valence-corrected chi connectivity index (χ4v) is 4.51. The molecule has 3 aliphatic carbocycles. The fraction of sp³-hybridized carbons (Fsp3) is 0.500. The van der Waals surface area contributed by atoms with Gasteiger partial charge in [-0.25, -0.2) is 0 Å². The Morgan fingerprint density at radius 2 is 2.00 bits per heavy atom. The lowest BCUT2D eigenvalue weighted by Gasteiger charge is -2.34. The van der Waals surface area contributed by atoms with Crippen LogP contribution in [0.2, 0.25) is 4.34 Å². The van der Waals surface area contributed by atoms with Gasteiger partial charge in [0, 0.05) is 16.8 Å². The smallest absolute Gasteiger partial charge is 0.148 e. The van der Waals surface area contributed by atoms with Crippen molar-refractivity contribution < 1.29 is 0 Å². The van der Waals surface area contributed by atoms with Gasteiger partial charge in [-0.2, -0.15) is 0 Å². The molecule has 3 nitrogen and oxygen atoms in total. The molecule has 2 saturated carbocycles. The van der Waals surface area contributed by atoms with Gasteiger partial charge in [0.25, 0.3) is 0 Å². The summed E-state index contributed by atoms with van der Waals surface area (Å²) in [6, 6.07) is 4.78. The Hall–Kier alpha value is -1.13. The molecule has 2 aromatic rings. The minimum Gasteiger partial charge on any atom is -0.311 e. The Kier molecular flexibility index (Phi) is 2.48. The summed E-state index contributed by atoms with van der Waals surface area (Å²) < 4.78 is 3.32. The van der Waals surface area contributed by atoms with Gasteiger partial charge in [-0.15, -0.1) is 21.5 Å². The van der Waals surface area contributed by atoms with Crippen LogP contribution in [0, 0.1) is 0 Å². The van der Waals surface area contributed by atoms with Gasteiger partial charge in [0.15, 0.2) is 0 Å². The van der Waals surface area contributed by atoms with Crippen LogP contribution in [-0.2, 0) is 5.41 Å². The zero-order valence-corrected chi connectivity index (χ0v) is 13.2. The van der Waals surface area contributed by atoms with E-state index >= 15 is 0 Å². The van der Waals surface area contributed by atoms with E-state index in [1.54, 1.807) is 11.3 Å². The molecule has 0 spiro atoms. The summed E-state index contributed by atoms with van der Waals surface area (Å²) in [5.74, 6) is 3.03. The van der Waals surface area contributed by atoms with Crippen molar-refractivity contribution in [3.8, 4) is 0 Å².